The minimum atomic E-state index is -0.357. The van der Waals surface area contributed by atoms with E-state index in [4.69, 9.17) is 5.41 Å². The fraction of sp³-hybridized carbons (Fsp3) is 0.333. The molecule has 3 rings (SSSR count). The molecule has 3 aromatic heterocycles. The lowest BCUT2D eigenvalue weighted by molar-refractivity contribution is 0.0953. The van der Waals surface area contributed by atoms with E-state index in [1.165, 1.54) is 10.5 Å². The number of carbonyl (C=O) groups is 1. The molecule has 0 spiro atoms. The average Bonchev–Trinajstić information content (AvgIpc) is 2.61. The predicted molar refractivity (Wildman–Crippen MR) is 95.8 cm³/mol. The quantitative estimate of drug-likeness (QED) is 0.711. The van der Waals surface area contributed by atoms with Crippen molar-refractivity contribution < 1.29 is 4.79 Å². The van der Waals surface area contributed by atoms with Gasteiger partial charge in [-0.25, -0.2) is 4.98 Å². The van der Waals surface area contributed by atoms with Crippen molar-refractivity contribution in [2.75, 3.05) is 6.54 Å². The highest BCUT2D eigenvalue weighted by atomic mass is 16.1. The lowest BCUT2D eigenvalue weighted by Gasteiger charge is -2.19. The van der Waals surface area contributed by atoms with Crippen molar-refractivity contribution in [1.82, 2.24) is 19.3 Å². The molecule has 0 bridgehead atoms. The molecule has 7 heteroatoms. The van der Waals surface area contributed by atoms with E-state index < -0.39 is 0 Å². The second-order valence-corrected chi connectivity index (χ2v) is 5.98. The summed E-state index contributed by atoms with van der Waals surface area (Å²) >= 11 is 0. The maximum absolute atomic E-state index is 12.9. The van der Waals surface area contributed by atoms with Crippen LogP contribution in [-0.4, -0.2) is 26.4 Å². The van der Waals surface area contributed by atoms with Gasteiger partial charge in [-0.2, -0.15) is 0 Å². The van der Waals surface area contributed by atoms with Crippen molar-refractivity contribution in [2.45, 2.75) is 33.2 Å². The van der Waals surface area contributed by atoms with E-state index in [9.17, 15) is 9.59 Å². The van der Waals surface area contributed by atoms with Gasteiger partial charge in [-0.3, -0.25) is 19.4 Å². The van der Waals surface area contributed by atoms with Crippen LogP contribution in [0.2, 0.25) is 0 Å². The van der Waals surface area contributed by atoms with Crippen LogP contribution in [0.1, 0.15) is 43.6 Å². The van der Waals surface area contributed by atoms with Crippen LogP contribution in [0.25, 0.3) is 16.7 Å². The summed E-state index contributed by atoms with van der Waals surface area (Å²) in [5, 5.41) is 11.5. The monoisotopic (exact) mass is 339 g/mol. The lowest BCUT2D eigenvalue weighted by atomic mass is 10.1. The number of aromatic nitrogens is 3. The number of rotatable bonds is 4. The molecular weight excluding hydrogens is 318 g/mol. The molecule has 0 saturated carbocycles. The third-order valence-electron chi connectivity index (χ3n) is 4.38. The summed E-state index contributed by atoms with van der Waals surface area (Å²) < 4.78 is 3.13. The highest BCUT2D eigenvalue weighted by molar-refractivity contribution is 5.96. The third-order valence-corrected chi connectivity index (χ3v) is 4.38. The molecular formula is C18H21N5O2. The van der Waals surface area contributed by atoms with Crippen molar-refractivity contribution in [3.05, 3.63) is 51.9 Å². The fourth-order valence-corrected chi connectivity index (χ4v) is 2.89. The van der Waals surface area contributed by atoms with Crippen LogP contribution in [0, 0.1) is 5.41 Å². The summed E-state index contributed by atoms with van der Waals surface area (Å²) in [6.07, 6.45) is 2.40. The van der Waals surface area contributed by atoms with E-state index in [0.29, 0.717) is 23.2 Å². The summed E-state index contributed by atoms with van der Waals surface area (Å²) in [6.45, 7) is 6.22. The van der Waals surface area contributed by atoms with Crippen LogP contribution in [0.3, 0.4) is 0 Å². The molecule has 25 heavy (non-hydrogen) atoms. The van der Waals surface area contributed by atoms with E-state index >= 15 is 0 Å². The van der Waals surface area contributed by atoms with E-state index in [1.54, 1.807) is 22.9 Å². The Morgan fingerprint density at radius 2 is 2.12 bits per heavy atom. The maximum Gasteiger partial charge on any atom is 0.267 e. The molecule has 0 saturated heterocycles. The molecule has 0 radical (unpaired) electrons. The highest BCUT2D eigenvalue weighted by Gasteiger charge is 2.19. The fourth-order valence-electron chi connectivity index (χ4n) is 2.89. The van der Waals surface area contributed by atoms with Gasteiger partial charge in [0.2, 0.25) is 0 Å². The molecule has 0 fully saturated rings. The first-order valence-corrected chi connectivity index (χ1v) is 8.39. The van der Waals surface area contributed by atoms with Gasteiger partial charge >= 0.3 is 0 Å². The zero-order chi connectivity index (χ0) is 18.1. The van der Waals surface area contributed by atoms with E-state index in [2.05, 4.69) is 10.3 Å². The van der Waals surface area contributed by atoms with E-state index in [-0.39, 0.29) is 28.6 Å². The Kier molecular flexibility index (Phi) is 4.39. The van der Waals surface area contributed by atoms with Gasteiger partial charge in [0, 0.05) is 18.8 Å². The number of hydrogen-bond donors (Lipinski definition) is 2. The third kappa shape index (κ3) is 2.71. The van der Waals surface area contributed by atoms with Crippen molar-refractivity contribution >= 4 is 22.6 Å². The van der Waals surface area contributed by atoms with Crippen LogP contribution < -0.4 is 16.4 Å². The van der Waals surface area contributed by atoms with Crippen LogP contribution in [0.15, 0.2) is 35.3 Å². The zero-order valence-corrected chi connectivity index (χ0v) is 14.5. The molecule has 0 aliphatic heterocycles. The van der Waals surface area contributed by atoms with Crippen molar-refractivity contribution in [1.29, 1.82) is 5.41 Å². The second-order valence-electron chi connectivity index (χ2n) is 5.98. The van der Waals surface area contributed by atoms with Crippen LogP contribution >= 0.6 is 0 Å². The Morgan fingerprint density at radius 1 is 1.36 bits per heavy atom. The normalized spacial score (nSPS) is 12.4. The number of nitrogens with one attached hydrogen (secondary N) is 2. The predicted octanol–water partition coefficient (Wildman–Crippen LogP) is 1.85. The van der Waals surface area contributed by atoms with Gasteiger partial charge in [-0.1, -0.05) is 13.0 Å². The molecule has 3 heterocycles. The van der Waals surface area contributed by atoms with Gasteiger partial charge in [0.15, 0.2) is 0 Å². The van der Waals surface area contributed by atoms with Crippen LogP contribution in [-0.2, 0) is 0 Å². The molecule has 1 amide bonds. The van der Waals surface area contributed by atoms with Crippen molar-refractivity contribution in [2.24, 2.45) is 0 Å². The molecule has 3 aromatic rings. The summed E-state index contributed by atoms with van der Waals surface area (Å²) in [6, 6.07) is 6.74. The number of fused-ring (bicyclic) bond motifs is 2. The second kappa shape index (κ2) is 6.51. The number of nitrogens with zero attached hydrogens (tertiary/aromatic N) is 3. The Labute approximate surface area is 144 Å². The Hall–Kier alpha value is -2.96. The molecule has 0 aromatic carbocycles. The Morgan fingerprint density at radius 3 is 2.80 bits per heavy atom. The first-order valence-electron chi connectivity index (χ1n) is 8.39. The van der Waals surface area contributed by atoms with Crippen molar-refractivity contribution in [3.8, 4) is 0 Å². The smallest absolute Gasteiger partial charge is 0.267 e. The summed E-state index contributed by atoms with van der Waals surface area (Å²) in [5.41, 5.74) is 0.957. The van der Waals surface area contributed by atoms with Crippen molar-refractivity contribution in [3.63, 3.8) is 0 Å². The lowest BCUT2D eigenvalue weighted by Crippen LogP contribution is -2.35. The van der Waals surface area contributed by atoms with E-state index in [1.807, 2.05) is 26.8 Å². The largest absolute Gasteiger partial charge is 0.352 e. The number of amides is 1. The van der Waals surface area contributed by atoms with Crippen LogP contribution in [0.4, 0.5) is 0 Å². The van der Waals surface area contributed by atoms with Crippen LogP contribution in [0.5, 0.6) is 0 Å². The molecule has 130 valence electrons. The minimum Gasteiger partial charge on any atom is -0.352 e. The van der Waals surface area contributed by atoms with E-state index in [0.717, 1.165) is 6.42 Å². The first-order chi connectivity index (χ1) is 12.0. The number of carbonyl (C=O) groups excluding carboxylic acids is 1. The highest BCUT2D eigenvalue weighted by Crippen LogP contribution is 2.16. The Balaban J connectivity index is 2.50. The minimum absolute atomic E-state index is 0.0672. The SMILES string of the molecule is CCNC(=O)c1cc2c(=O)n3ccccc3nc2n([C@H](C)CC)c1=N. The topological polar surface area (TPSA) is 92.2 Å². The summed E-state index contributed by atoms with van der Waals surface area (Å²) in [5.74, 6) is -0.357. The molecule has 7 nitrogen and oxygen atoms in total. The zero-order valence-electron chi connectivity index (χ0n) is 14.5. The number of pyridine rings is 2. The molecule has 2 N–H and O–H groups in total. The average molecular weight is 339 g/mol. The van der Waals surface area contributed by atoms with Gasteiger partial charge in [0.1, 0.15) is 16.8 Å². The first kappa shape index (κ1) is 16.9. The molecule has 0 unspecified atom stereocenters. The van der Waals surface area contributed by atoms with Gasteiger partial charge in [-0.05, 0) is 38.5 Å². The van der Waals surface area contributed by atoms with Gasteiger partial charge in [0.05, 0.1) is 10.9 Å². The number of hydrogen-bond acceptors (Lipinski definition) is 4. The molecule has 1 atom stereocenters. The van der Waals surface area contributed by atoms with Gasteiger partial charge < -0.3 is 9.88 Å². The standard InChI is InChI=1S/C18H21N5O2/c1-4-11(3)23-15(19)12(17(24)20-5-2)10-13-16(23)21-14-8-6-7-9-22(14)18(13)25/h6-11,19H,4-5H2,1-3H3,(H,20,24)/t11-/m1/s1. The van der Waals surface area contributed by atoms with Gasteiger partial charge in [-0.15, -0.1) is 0 Å². The summed E-state index contributed by atoms with van der Waals surface area (Å²) in [4.78, 5) is 29.9. The molecule has 0 aliphatic carbocycles. The Bertz CT molecular complexity index is 1080. The van der Waals surface area contributed by atoms with Gasteiger partial charge in [0.25, 0.3) is 11.5 Å². The molecule has 0 aliphatic rings. The maximum atomic E-state index is 12.9. The summed E-state index contributed by atoms with van der Waals surface area (Å²) in [7, 11) is 0.